The standard InChI is InChI=1S/C14H18N4O4S/c1-7-6-8(12(21)16-2-4-19)9-10(15)11(23-14(9)18-7)13(22)17-3-5-20/h6,19-20H,2-5,15H2,1H3,(H,16,21)(H,17,22). The number of aryl methyl sites for hydroxylation is 1. The summed E-state index contributed by atoms with van der Waals surface area (Å²) in [5.74, 6) is -0.805. The highest BCUT2D eigenvalue weighted by Gasteiger charge is 2.22. The summed E-state index contributed by atoms with van der Waals surface area (Å²) in [6, 6.07) is 1.59. The van der Waals surface area contributed by atoms with Crippen molar-refractivity contribution in [3.8, 4) is 0 Å². The van der Waals surface area contributed by atoms with E-state index in [9.17, 15) is 9.59 Å². The minimum atomic E-state index is -0.418. The van der Waals surface area contributed by atoms with Gasteiger partial charge in [-0.25, -0.2) is 4.98 Å². The largest absolute Gasteiger partial charge is 0.397 e. The Labute approximate surface area is 136 Å². The zero-order valence-corrected chi connectivity index (χ0v) is 13.4. The molecule has 0 bridgehead atoms. The number of fused-ring (bicyclic) bond motifs is 1. The monoisotopic (exact) mass is 338 g/mol. The first kappa shape index (κ1) is 17.1. The number of aliphatic hydroxyl groups is 2. The molecule has 2 aromatic heterocycles. The predicted octanol–water partition coefficient (Wildman–Crippen LogP) is -0.369. The Morgan fingerprint density at radius 3 is 2.43 bits per heavy atom. The molecule has 0 atom stereocenters. The van der Waals surface area contributed by atoms with Crippen molar-refractivity contribution in [2.75, 3.05) is 32.0 Å². The van der Waals surface area contributed by atoms with E-state index in [-0.39, 0.29) is 42.8 Å². The van der Waals surface area contributed by atoms with Crippen molar-refractivity contribution < 1.29 is 19.8 Å². The molecular weight excluding hydrogens is 320 g/mol. The van der Waals surface area contributed by atoms with Gasteiger partial charge in [0, 0.05) is 24.2 Å². The molecule has 2 rings (SSSR count). The van der Waals surface area contributed by atoms with Crippen molar-refractivity contribution in [3.63, 3.8) is 0 Å². The van der Waals surface area contributed by atoms with Crippen LogP contribution in [-0.2, 0) is 0 Å². The minimum absolute atomic E-state index is 0.114. The molecule has 0 fully saturated rings. The smallest absolute Gasteiger partial charge is 0.263 e. The van der Waals surface area contributed by atoms with Crippen LogP contribution in [0, 0.1) is 6.92 Å². The Balaban J connectivity index is 2.50. The highest BCUT2D eigenvalue weighted by molar-refractivity contribution is 7.21. The average Bonchev–Trinajstić information content (AvgIpc) is 2.86. The van der Waals surface area contributed by atoms with Crippen molar-refractivity contribution in [2.45, 2.75) is 6.92 Å². The summed E-state index contributed by atoms with van der Waals surface area (Å²) < 4.78 is 0. The molecule has 2 aromatic rings. The quantitative estimate of drug-likeness (QED) is 0.487. The Hall–Kier alpha value is -2.23. The van der Waals surface area contributed by atoms with Gasteiger partial charge in [0.2, 0.25) is 0 Å². The third-order valence-corrected chi connectivity index (χ3v) is 4.17. The number of pyridine rings is 1. The van der Waals surface area contributed by atoms with Crippen molar-refractivity contribution in [1.82, 2.24) is 15.6 Å². The highest BCUT2D eigenvalue weighted by atomic mass is 32.1. The number of aliphatic hydroxyl groups excluding tert-OH is 2. The van der Waals surface area contributed by atoms with Crippen LogP contribution in [0.2, 0.25) is 0 Å². The summed E-state index contributed by atoms with van der Waals surface area (Å²) in [6.07, 6.45) is 0. The minimum Gasteiger partial charge on any atom is -0.397 e. The second-order valence-electron chi connectivity index (χ2n) is 4.80. The maximum atomic E-state index is 12.2. The Morgan fingerprint density at radius 1 is 1.22 bits per heavy atom. The zero-order valence-electron chi connectivity index (χ0n) is 12.5. The number of carbonyl (C=O) groups is 2. The molecule has 0 aromatic carbocycles. The van der Waals surface area contributed by atoms with Gasteiger partial charge in [0.25, 0.3) is 11.8 Å². The second kappa shape index (κ2) is 7.36. The Morgan fingerprint density at radius 2 is 1.83 bits per heavy atom. The molecule has 0 spiro atoms. The van der Waals surface area contributed by atoms with Crippen LogP contribution < -0.4 is 16.4 Å². The summed E-state index contributed by atoms with van der Waals surface area (Å²) in [4.78, 5) is 29.4. The lowest BCUT2D eigenvalue weighted by atomic mass is 10.1. The number of nitrogens with two attached hydrogens (primary N) is 1. The van der Waals surface area contributed by atoms with Crippen molar-refractivity contribution in [2.24, 2.45) is 0 Å². The molecule has 0 aliphatic heterocycles. The number of thiophene rings is 1. The Bertz CT molecular complexity index is 744. The van der Waals surface area contributed by atoms with Crippen LogP contribution in [-0.4, -0.2) is 53.3 Å². The maximum absolute atomic E-state index is 12.2. The number of nitrogens with one attached hydrogen (secondary N) is 2. The molecule has 2 heterocycles. The topological polar surface area (TPSA) is 138 Å². The first-order valence-electron chi connectivity index (χ1n) is 6.97. The molecule has 8 nitrogen and oxygen atoms in total. The van der Waals surface area contributed by atoms with Gasteiger partial charge in [0.1, 0.15) is 9.71 Å². The fraction of sp³-hybridized carbons (Fsp3) is 0.357. The van der Waals surface area contributed by atoms with Crippen LogP contribution in [0.3, 0.4) is 0 Å². The van der Waals surface area contributed by atoms with Crippen LogP contribution in [0.1, 0.15) is 25.7 Å². The second-order valence-corrected chi connectivity index (χ2v) is 5.79. The van der Waals surface area contributed by atoms with Gasteiger partial charge in [0.05, 0.1) is 24.5 Å². The molecule has 6 N–H and O–H groups in total. The molecule has 0 unspecified atom stereocenters. The zero-order chi connectivity index (χ0) is 17.0. The Kier molecular flexibility index (Phi) is 5.48. The van der Waals surface area contributed by atoms with E-state index in [0.717, 1.165) is 11.3 Å². The van der Waals surface area contributed by atoms with Crippen LogP contribution in [0.15, 0.2) is 6.07 Å². The van der Waals surface area contributed by atoms with E-state index in [1.807, 2.05) is 0 Å². The van der Waals surface area contributed by atoms with Crippen LogP contribution in [0.4, 0.5) is 5.69 Å². The van der Waals surface area contributed by atoms with Gasteiger partial charge in [-0.1, -0.05) is 0 Å². The van der Waals surface area contributed by atoms with E-state index in [1.54, 1.807) is 13.0 Å². The maximum Gasteiger partial charge on any atom is 0.263 e. The van der Waals surface area contributed by atoms with Gasteiger partial charge in [-0.2, -0.15) is 0 Å². The molecule has 0 saturated carbocycles. The van der Waals surface area contributed by atoms with Gasteiger partial charge in [-0.3, -0.25) is 9.59 Å². The van der Waals surface area contributed by atoms with E-state index in [2.05, 4.69) is 15.6 Å². The van der Waals surface area contributed by atoms with Crippen LogP contribution >= 0.6 is 11.3 Å². The van der Waals surface area contributed by atoms with Gasteiger partial charge >= 0.3 is 0 Å². The fourth-order valence-electron chi connectivity index (χ4n) is 2.11. The lowest BCUT2D eigenvalue weighted by Gasteiger charge is -2.07. The summed E-state index contributed by atoms with van der Waals surface area (Å²) >= 11 is 1.09. The number of rotatable bonds is 6. The molecule has 124 valence electrons. The number of aromatic nitrogens is 1. The summed E-state index contributed by atoms with van der Waals surface area (Å²) in [5.41, 5.74) is 7.17. The number of anilines is 1. The van der Waals surface area contributed by atoms with E-state index in [0.29, 0.717) is 21.5 Å². The van der Waals surface area contributed by atoms with Gasteiger partial charge in [-0.15, -0.1) is 11.3 Å². The number of nitrogen functional groups attached to an aromatic ring is 1. The fourth-order valence-corrected chi connectivity index (χ4v) is 3.19. The normalized spacial score (nSPS) is 10.7. The van der Waals surface area contributed by atoms with Gasteiger partial charge in [0.15, 0.2) is 0 Å². The van der Waals surface area contributed by atoms with Crippen molar-refractivity contribution in [3.05, 3.63) is 22.2 Å². The predicted molar refractivity (Wildman–Crippen MR) is 87.6 cm³/mol. The summed E-state index contributed by atoms with van der Waals surface area (Å²) in [5, 5.41) is 23.1. The van der Waals surface area contributed by atoms with Gasteiger partial charge < -0.3 is 26.6 Å². The molecule has 23 heavy (non-hydrogen) atoms. The summed E-state index contributed by atoms with van der Waals surface area (Å²) in [7, 11) is 0. The number of nitrogens with zero attached hydrogens (tertiary/aromatic N) is 1. The first-order chi connectivity index (χ1) is 11.0. The number of amides is 2. The van der Waals surface area contributed by atoms with E-state index >= 15 is 0 Å². The van der Waals surface area contributed by atoms with Crippen molar-refractivity contribution in [1.29, 1.82) is 0 Å². The summed E-state index contributed by atoms with van der Waals surface area (Å²) in [6.45, 7) is 1.62. The SMILES string of the molecule is Cc1cc(C(=O)NCCO)c2c(N)c(C(=O)NCCO)sc2n1. The van der Waals surface area contributed by atoms with Crippen molar-refractivity contribution >= 4 is 39.1 Å². The third kappa shape index (κ3) is 3.58. The molecule has 0 saturated heterocycles. The van der Waals surface area contributed by atoms with E-state index < -0.39 is 5.91 Å². The highest BCUT2D eigenvalue weighted by Crippen LogP contribution is 2.35. The average molecular weight is 338 g/mol. The molecular formula is C14H18N4O4S. The number of carbonyl (C=O) groups excluding carboxylic acids is 2. The van der Waals surface area contributed by atoms with Gasteiger partial charge in [-0.05, 0) is 13.0 Å². The molecule has 0 aliphatic rings. The number of hydrogen-bond acceptors (Lipinski definition) is 7. The first-order valence-corrected chi connectivity index (χ1v) is 7.79. The molecule has 0 aliphatic carbocycles. The molecule has 2 amide bonds. The van der Waals surface area contributed by atoms with E-state index in [1.165, 1.54) is 0 Å². The molecule has 9 heteroatoms. The van der Waals surface area contributed by atoms with E-state index in [4.69, 9.17) is 15.9 Å². The number of hydrogen-bond donors (Lipinski definition) is 5. The lowest BCUT2D eigenvalue weighted by Crippen LogP contribution is -2.27. The van der Waals surface area contributed by atoms with Crippen LogP contribution in [0.5, 0.6) is 0 Å². The third-order valence-electron chi connectivity index (χ3n) is 3.07. The lowest BCUT2D eigenvalue weighted by molar-refractivity contribution is 0.0939. The van der Waals surface area contributed by atoms with Crippen LogP contribution in [0.25, 0.3) is 10.2 Å². The molecule has 0 radical (unpaired) electrons.